The molecule has 1 aliphatic heterocycles. The van der Waals surface area contributed by atoms with Crippen molar-refractivity contribution in [3.05, 3.63) is 17.5 Å². The van der Waals surface area contributed by atoms with E-state index in [2.05, 4.69) is 15.2 Å². The molecule has 0 bridgehead atoms. The van der Waals surface area contributed by atoms with Crippen LogP contribution in [0, 0.1) is 0 Å². The molecule has 102 valence electrons. The molecule has 1 aliphatic rings. The fourth-order valence-corrected chi connectivity index (χ4v) is 2.11. The Bertz CT molecular complexity index is 575. The summed E-state index contributed by atoms with van der Waals surface area (Å²) in [6.07, 6.45) is 0. The van der Waals surface area contributed by atoms with Gasteiger partial charge in [-0.15, -0.1) is 0 Å². The number of esters is 1. The number of carbonyl (C=O) groups excluding carboxylic acids is 2. The van der Waals surface area contributed by atoms with E-state index in [1.165, 1.54) is 13.2 Å². The quantitative estimate of drug-likeness (QED) is 0.719. The van der Waals surface area contributed by atoms with Gasteiger partial charge in [-0.25, -0.2) is 14.3 Å². The van der Waals surface area contributed by atoms with E-state index < -0.39 is 29.4 Å². The predicted octanol–water partition coefficient (Wildman–Crippen LogP) is -0.183. The molecule has 2 N–H and O–H groups in total. The number of carboxylic acid groups (broad SMARTS) is 1. The molecular formula is C11H13N3O5. The molecule has 0 radical (unpaired) electrons. The number of fused-ring (bicyclic) bond motifs is 1. The molecule has 0 spiro atoms. The van der Waals surface area contributed by atoms with E-state index in [9.17, 15) is 19.5 Å². The van der Waals surface area contributed by atoms with E-state index in [1.54, 1.807) is 13.8 Å². The number of hydrogen-bond donors (Lipinski definition) is 2. The van der Waals surface area contributed by atoms with Crippen molar-refractivity contribution in [2.24, 2.45) is 0 Å². The van der Waals surface area contributed by atoms with E-state index in [-0.39, 0.29) is 11.4 Å². The van der Waals surface area contributed by atoms with Gasteiger partial charge < -0.3 is 15.2 Å². The van der Waals surface area contributed by atoms with Gasteiger partial charge in [-0.3, -0.25) is 4.79 Å². The van der Waals surface area contributed by atoms with Gasteiger partial charge in [-0.05, 0) is 13.8 Å². The van der Waals surface area contributed by atoms with Crippen LogP contribution in [-0.2, 0) is 9.53 Å². The van der Waals surface area contributed by atoms with Gasteiger partial charge in [0.15, 0.2) is 11.7 Å². The summed E-state index contributed by atoms with van der Waals surface area (Å²) in [5.74, 6) is -2.35. The number of nitrogens with one attached hydrogen (secondary N) is 1. The van der Waals surface area contributed by atoms with E-state index >= 15 is 0 Å². The van der Waals surface area contributed by atoms with Gasteiger partial charge in [0.2, 0.25) is 0 Å². The highest BCUT2D eigenvalue weighted by Crippen LogP contribution is 2.29. The first-order valence-corrected chi connectivity index (χ1v) is 5.51. The zero-order chi connectivity index (χ0) is 14.4. The van der Waals surface area contributed by atoms with Gasteiger partial charge in [-0.2, -0.15) is 5.10 Å². The van der Waals surface area contributed by atoms with Crippen LogP contribution in [0.1, 0.15) is 40.9 Å². The Kier molecular flexibility index (Phi) is 2.80. The second-order valence-electron chi connectivity index (χ2n) is 4.77. The molecular weight excluding hydrogens is 254 g/mol. The summed E-state index contributed by atoms with van der Waals surface area (Å²) in [4.78, 5) is 34.6. The SMILES string of the molecule is COC(=O)c1cc2n(n1)C(C(=O)O)C(C)(C)NC2=O. The molecule has 8 nitrogen and oxygen atoms in total. The van der Waals surface area contributed by atoms with Gasteiger partial charge in [0.05, 0.1) is 12.6 Å². The van der Waals surface area contributed by atoms with Crippen LogP contribution in [0.4, 0.5) is 0 Å². The van der Waals surface area contributed by atoms with Crippen molar-refractivity contribution in [1.29, 1.82) is 0 Å². The monoisotopic (exact) mass is 267 g/mol. The highest BCUT2D eigenvalue weighted by molar-refractivity contribution is 5.98. The molecule has 2 rings (SSSR count). The second-order valence-corrected chi connectivity index (χ2v) is 4.77. The van der Waals surface area contributed by atoms with Gasteiger partial charge >= 0.3 is 11.9 Å². The molecule has 1 amide bonds. The average molecular weight is 267 g/mol. The fraction of sp³-hybridized carbons (Fsp3) is 0.455. The number of rotatable bonds is 2. The highest BCUT2D eigenvalue weighted by Gasteiger charge is 2.45. The maximum atomic E-state index is 11.9. The Balaban J connectivity index is 2.59. The van der Waals surface area contributed by atoms with Crippen LogP contribution in [0.3, 0.4) is 0 Å². The molecule has 2 heterocycles. The van der Waals surface area contributed by atoms with Crippen molar-refractivity contribution >= 4 is 17.8 Å². The third-order valence-electron chi connectivity index (χ3n) is 2.96. The van der Waals surface area contributed by atoms with Crippen LogP contribution >= 0.6 is 0 Å². The molecule has 8 heteroatoms. The van der Waals surface area contributed by atoms with Crippen molar-refractivity contribution in [3.8, 4) is 0 Å². The first-order chi connectivity index (χ1) is 8.77. The summed E-state index contributed by atoms with van der Waals surface area (Å²) in [5, 5.41) is 15.7. The lowest BCUT2D eigenvalue weighted by Crippen LogP contribution is -2.57. The average Bonchev–Trinajstić information content (AvgIpc) is 2.70. The van der Waals surface area contributed by atoms with Crippen LogP contribution in [0.15, 0.2) is 6.07 Å². The smallest absolute Gasteiger partial charge is 0.358 e. The van der Waals surface area contributed by atoms with Gasteiger partial charge in [0.1, 0.15) is 5.69 Å². The Hall–Kier alpha value is -2.38. The molecule has 19 heavy (non-hydrogen) atoms. The summed E-state index contributed by atoms with van der Waals surface area (Å²) < 4.78 is 5.55. The van der Waals surface area contributed by atoms with E-state index in [4.69, 9.17) is 0 Å². The molecule has 0 saturated heterocycles. The largest absolute Gasteiger partial charge is 0.480 e. The number of hydrogen-bond acceptors (Lipinski definition) is 5. The van der Waals surface area contributed by atoms with Gasteiger partial charge in [0, 0.05) is 6.07 Å². The number of carbonyl (C=O) groups is 3. The molecule has 0 saturated carbocycles. The summed E-state index contributed by atoms with van der Waals surface area (Å²) >= 11 is 0. The van der Waals surface area contributed by atoms with E-state index in [1.807, 2.05) is 0 Å². The van der Waals surface area contributed by atoms with Crippen molar-refractivity contribution < 1.29 is 24.2 Å². The lowest BCUT2D eigenvalue weighted by molar-refractivity contribution is -0.143. The Morgan fingerprint density at radius 1 is 1.53 bits per heavy atom. The van der Waals surface area contributed by atoms with E-state index in [0.717, 1.165) is 4.68 Å². The maximum Gasteiger partial charge on any atom is 0.358 e. The zero-order valence-corrected chi connectivity index (χ0v) is 10.6. The van der Waals surface area contributed by atoms with E-state index in [0.29, 0.717) is 0 Å². The van der Waals surface area contributed by atoms with Crippen LogP contribution in [-0.4, -0.2) is 45.4 Å². The predicted molar refractivity (Wildman–Crippen MR) is 61.8 cm³/mol. The minimum Gasteiger partial charge on any atom is -0.480 e. The molecule has 1 atom stereocenters. The Labute approximate surface area is 108 Å². The van der Waals surface area contributed by atoms with Crippen LogP contribution in [0.2, 0.25) is 0 Å². The number of methoxy groups -OCH3 is 1. The number of ether oxygens (including phenoxy) is 1. The Morgan fingerprint density at radius 3 is 2.68 bits per heavy atom. The van der Waals surface area contributed by atoms with Gasteiger partial charge in [0.25, 0.3) is 5.91 Å². The standard InChI is InChI=1S/C11H13N3O5/c1-11(2)7(9(16)17)14-6(8(15)12-11)4-5(13-14)10(18)19-3/h4,7H,1-3H3,(H,12,15)(H,16,17). The normalized spacial score (nSPS) is 20.4. The summed E-state index contributed by atoms with van der Waals surface area (Å²) in [6.45, 7) is 3.15. The number of nitrogens with zero attached hydrogens (tertiary/aromatic N) is 2. The van der Waals surface area contributed by atoms with Crippen LogP contribution < -0.4 is 5.32 Å². The molecule has 0 aromatic carbocycles. The molecule has 0 aliphatic carbocycles. The van der Waals surface area contributed by atoms with Crippen molar-refractivity contribution in [2.75, 3.05) is 7.11 Å². The minimum atomic E-state index is -1.15. The summed E-state index contributed by atoms with van der Waals surface area (Å²) in [7, 11) is 1.18. The Morgan fingerprint density at radius 2 is 2.16 bits per heavy atom. The highest BCUT2D eigenvalue weighted by atomic mass is 16.5. The molecule has 1 aromatic heterocycles. The first kappa shape index (κ1) is 13.1. The number of carboxylic acids is 1. The van der Waals surface area contributed by atoms with Gasteiger partial charge in [-0.1, -0.05) is 0 Å². The van der Waals surface area contributed by atoms with Crippen molar-refractivity contribution in [2.45, 2.75) is 25.4 Å². The van der Waals surface area contributed by atoms with Crippen LogP contribution in [0.25, 0.3) is 0 Å². The van der Waals surface area contributed by atoms with Crippen molar-refractivity contribution in [1.82, 2.24) is 15.1 Å². The maximum absolute atomic E-state index is 11.9. The zero-order valence-electron chi connectivity index (χ0n) is 10.6. The number of amides is 1. The third-order valence-corrected chi connectivity index (χ3v) is 2.96. The summed E-state index contributed by atoms with van der Waals surface area (Å²) in [6, 6.07) is 0.116. The number of aromatic nitrogens is 2. The lowest BCUT2D eigenvalue weighted by Gasteiger charge is -2.36. The molecule has 1 aromatic rings. The number of aliphatic carboxylic acids is 1. The molecule has 0 fully saturated rings. The molecule has 1 unspecified atom stereocenters. The minimum absolute atomic E-state index is 0.0205. The lowest BCUT2D eigenvalue weighted by atomic mass is 9.92. The third kappa shape index (κ3) is 1.94. The fourth-order valence-electron chi connectivity index (χ4n) is 2.11. The first-order valence-electron chi connectivity index (χ1n) is 5.51. The van der Waals surface area contributed by atoms with Crippen LogP contribution in [0.5, 0.6) is 0 Å². The second kappa shape index (κ2) is 4.08. The topological polar surface area (TPSA) is 111 Å². The summed E-state index contributed by atoms with van der Waals surface area (Å²) in [5.41, 5.74) is -1.10. The van der Waals surface area contributed by atoms with Crippen molar-refractivity contribution in [3.63, 3.8) is 0 Å².